The maximum absolute atomic E-state index is 12.3. The summed E-state index contributed by atoms with van der Waals surface area (Å²) in [5.41, 5.74) is 7.93. The van der Waals surface area contributed by atoms with E-state index >= 15 is 0 Å². The van der Waals surface area contributed by atoms with Crippen LogP contribution in [0.3, 0.4) is 0 Å². The van der Waals surface area contributed by atoms with Gasteiger partial charge in [0.1, 0.15) is 0 Å². The number of hydrogen-bond acceptors (Lipinski definition) is 3. The number of H-pyrrole nitrogens is 1. The van der Waals surface area contributed by atoms with Crippen LogP contribution in [0.1, 0.15) is 74.0 Å². The Morgan fingerprint density at radius 3 is 2.90 bits per heavy atom. The van der Waals surface area contributed by atoms with Gasteiger partial charge in [0.25, 0.3) is 5.91 Å². The summed E-state index contributed by atoms with van der Waals surface area (Å²) in [7, 11) is 0. The van der Waals surface area contributed by atoms with Gasteiger partial charge in [-0.2, -0.15) is 5.10 Å². The zero-order valence-electron chi connectivity index (χ0n) is 12.1. The minimum atomic E-state index is -0.118. The van der Waals surface area contributed by atoms with Crippen molar-refractivity contribution in [1.29, 1.82) is 0 Å². The summed E-state index contributed by atoms with van der Waals surface area (Å²) in [6.07, 6.45) is 8.14. The molecule has 1 amide bonds. The lowest BCUT2D eigenvalue weighted by Crippen LogP contribution is -2.38. The molecule has 1 aromatic rings. The molecule has 2 fully saturated rings. The van der Waals surface area contributed by atoms with E-state index in [0.717, 1.165) is 37.3 Å². The van der Waals surface area contributed by atoms with Gasteiger partial charge in [-0.1, -0.05) is 26.2 Å². The van der Waals surface area contributed by atoms with E-state index in [4.69, 9.17) is 5.73 Å². The van der Waals surface area contributed by atoms with Gasteiger partial charge in [0.2, 0.25) is 0 Å². The number of anilines is 1. The number of hydrogen-bond donors (Lipinski definition) is 3. The summed E-state index contributed by atoms with van der Waals surface area (Å²) in [4.78, 5) is 12.3. The highest BCUT2D eigenvalue weighted by Gasteiger charge is 2.31. The van der Waals surface area contributed by atoms with Gasteiger partial charge < -0.3 is 11.1 Å². The highest BCUT2D eigenvalue weighted by molar-refractivity contribution is 5.97. The first-order valence-corrected chi connectivity index (χ1v) is 7.83. The molecule has 0 saturated heterocycles. The van der Waals surface area contributed by atoms with Crippen LogP contribution >= 0.6 is 0 Å². The number of nitrogen functional groups attached to an aromatic ring is 1. The summed E-state index contributed by atoms with van der Waals surface area (Å²) in [6.45, 7) is 2.22. The Labute approximate surface area is 119 Å². The lowest BCUT2D eigenvalue weighted by Gasteiger charge is -2.28. The summed E-state index contributed by atoms with van der Waals surface area (Å²) in [6, 6.07) is 0.279. The van der Waals surface area contributed by atoms with E-state index < -0.39 is 0 Å². The van der Waals surface area contributed by atoms with E-state index in [1.54, 1.807) is 0 Å². The van der Waals surface area contributed by atoms with E-state index in [1.807, 2.05) is 0 Å². The molecule has 20 heavy (non-hydrogen) atoms. The Balaban J connectivity index is 1.64. The Morgan fingerprint density at radius 2 is 2.20 bits per heavy atom. The Kier molecular flexibility index (Phi) is 3.68. The second-order valence-electron chi connectivity index (χ2n) is 6.29. The second kappa shape index (κ2) is 5.46. The van der Waals surface area contributed by atoms with Gasteiger partial charge >= 0.3 is 0 Å². The van der Waals surface area contributed by atoms with Crippen LogP contribution in [0.2, 0.25) is 0 Å². The Hall–Kier alpha value is -1.52. The summed E-state index contributed by atoms with van der Waals surface area (Å²) >= 11 is 0. The third-order valence-corrected chi connectivity index (χ3v) is 4.73. The molecule has 110 valence electrons. The van der Waals surface area contributed by atoms with Crippen molar-refractivity contribution >= 4 is 11.6 Å². The third-order valence-electron chi connectivity index (χ3n) is 4.73. The molecular weight excluding hydrogens is 252 g/mol. The van der Waals surface area contributed by atoms with Crippen LogP contribution in [0, 0.1) is 5.92 Å². The van der Waals surface area contributed by atoms with Crippen molar-refractivity contribution in [1.82, 2.24) is 15.5 Å². The maximum atomic E-state index is 12.3. The van der Waals surface area contributed by atoms with Gasteiger partial charge in [-0.25, -0.2) is 0 Å². The van der Waals surface area contributed by atoms with Crippen LogP contribution in [0.15, 0.2) is 0 Å². The Morgan fingerprint density at radius 1 is 1.40 bits per heavy atom. The second-order valence-corrected chi connectivity index (χ2v) is 6.29. The zero-order chi connectivity index (χ0) is 14.1. The number of nitrogens with zero attached hydrogens (tertiary/aromatic N) is 1. The van der Waals surface area contributed by atoms with Crippen molar-refractivity contribution in [3.05, 3.63) is 11.4 Å². The van der Waals surface area contributed by atoms with Crippen LogP contribution < -0.4 is 11.1 Å². The van der Waals surface area contributed by atoms with Crippen molar-refractivity contribution < 1.29 is 4.79 Å². The molecule has 0 spiro atoms. The van der Waals surface area contributed by atoms with Gasteiger partial charge in [0, 0.05) is 12.0 Å². The zero-order valence-corrected chi connectivity index (χ0v) is 12.1. The standard InChI is InChI=1S/C15H24N4O/c1-2-9-4-3-5-11(8-9)17-15(20)14-12(16)13(18-19-14)10-6-7-10/h9-11H,2-8,16H2,1H3,(H,17,20)(H,18,19). The summed E-state index contributed by atoms with van der Waals surface area (Å²) in [5, 5.41) is 10.2. The first-order chi connectivity index (χ1) is 9.69. The smallest absolute Gasteiger partial charge is 0.274 e. The van der Waals surface area contributed by atoms with E-state index in [-0.39, 0.29) is 11.9 Å². The molecule has 3 rings (SSSR count). The number of amides is 1. The Bertz CT molecular complexity index is 492. The highest BCUT2D eigenvalue weighted by Crippen LogP contribution is 2.42. The number of rotatable bonds is 4. The number of aromatic nitrogens is 2. The fraction of sp³-hybridized carbons (Fsp3) is 0.733. The van der Waals surface area contributed by atoms with Crippen LogP contribution in [0.25, 0.3) is 0 Å². The van der Waals surface area contributed by atoms with E-state index in [0.29, 0.717) is 17.3 Å². The third kappa shape index (κ3) is 2.67. The normalized spacial score (nSPS) is 26.4. The molecule has 2 atom stereocenters. The molecule has 5 nitrogen and oxygen atoms in total. The lowest BCUT2D eigenvalue weighted by atomic mass is 9.84. The molecule has 5 heteroatoms. The average molecular weight is 276 g/mol. The maximum Gasteiger partial charge on any atom is 0.274 e. The van der Waals surface area contributed by atoms with Crippen molar-refractivity contribution in [3.8, 4) is 0 Å². The van der Waals surface area contributed by atoms with Gasteiger partial charge in [-0.15, -0.1) is 0 Å². The van der Waals surface area contributed by atoms with Gasteiger partial charge in [-0.3, -0.25) is 9.89 Å². The molecule has 2 aliphatic carbocycles. The monoisotopic (exact) mass is 276 g/mol. The number of carbonyl (C=O) groups excluding carboxylic acids is 1. The molecule has 2 unspecified atom stereocenters. The van der Waals surface area contributed by atoms with E-state index in [9.17, 15) is 4.79 Å². The minimum absolute atomic E-state index is 0.118. The van der Waals surface area contributed by atoms with Gasteiger partial charge in [0.05, 0.1) is 11.4 Å². The molecule has 2 saturated carbocycles. The average Bonchev–Trinajstić information content (AvgIpc) is 3.22. The number of carbonyl (C=O) groups is 1. The van der Waals surface area contributed by atoms with Crippen LogP contribution in [0.4, 0.5) is 5.69 Å². The molecule has 1 aromatic heterocycles. The highest BCUT2D eigenvalue weighted by atomic mass is 16.2. The molecule has 0 aromatic carbocycles. The fourth-order valence-corrected chi connectivity index (χ4v) is 3.27. The molecule has 2 aliphatic rings. The summed E-state index contributed by atoms with van der Waals surface area (Å²) in [5.74, 6) is 1.11. The van der Waals surface area contributed by atoms with Crippen molar-refractivity contribution in [2.75, 3.05) is 5.73 Å². The summed E-state index contributed by atoms with van der Waals surface area (Å²) < 4.78 is 0. The first kappa shape index (κ1) is 13.5. The fourth-order valence-electron chi connectivity index (χ4n) is 3.27. The van der Waals surface area contributed by atoms with Crippen molar-refractivity contribution in [2.24, 2.45) is 5.92 Å². The molecule has 0 bridgehead atoms. The predicted octanol–water partition coefficient (Wildman–Crippen LogP) is 2.57. The number of nitrogens with two attached hydrogens (primary N) is 1. The van der Waals surface area contributed by atoms with Gasteiger partial charge in [0.15, 0.2) is 5.69 Å². The van der Waals surface area contributed by atoms with Gasteiger partial charge in [-0.05, 0) is 31.6 Å². The van der Waals surface area contributed by atoms with Crippen LogP contribution in [-0.4, -0.2) is 22.1 Å². The predicted molar refractivity (Wildman–Crippen MR) is 78.5 cm³/mol. The van der Waals surface area contributed by atoms with Crippen molar-refractivity contribution in [2.45, 2.75) is 63.8 Å². The molecule has 0 aliphatic heterocycles. The SMILES string of the molecule is CCC1CCCC(NC(=O)c2n[nH]c(C3CC3)c2N)C1. The molecule has 1 heterocycles. The van der Waals surface area contributed by atoms with Crippen molar-refractivity contribution in [3.63, 3.8) is 0 Å². The quantitative estimate of drug-likeness (QED) is 0.790. The number of nitrogens with one attached hydrogen (secondary N) is 2. The van der Waals surface area contributed by atoms with E-state index in [2.05, 4.69) is 22.4 Å². The molecule has 4 N–H and O–H groups in total. The van der Waals surface area contributed by atoms with Crippen LogP contribution in [0.5, 0.6) is 0 Å². The topological polar surface area (TPSA) is 83.8 Å². The molecule has 0 radical (unpaired) electrons. The number of aromatic amines is 1. The largest absolute Gasteiger partial charge is 0.395 e. The minimum Gasteiger partial charge on any atom is -0.395 e. The lowest BCUT2D eigenvalue weighted by molar-refractivity contribution is 0.0915. The first-order valence-electron chi connectivity index (χ1n) is 7.83. The van der Waals surface area contributed by atoms with Crippen LogP contribution in [-0.2, 0) is 0 Å². The molecular formula is C15H24N4O. The van der Waals surface area contributed by atoms with E-state index in [1.165, 1.54) is 19.3 Å².